The van der Waals surface area contributed by atoms with Gasteiger partial charge >= 0.3 is 0 Å². The van der Waals surface area contributed by atoms with Crippen molar-refractivity contribution in [1.29, 1.82) is 0 Å². The van der Waals surface area contributed by atoms with Crippen LogP contribution >= 0.6 is 11.3 Å². The molecule has 0 spiro atoms. The molecule has 1 unspecified atom stereocenters. The van der Waals surface area contributed by atoms with Crippen molar-refractivity contribution in [2.24, 2.45) is 0 Å². The number of likely N-dealkylation sites (N-methyl/N-ethyl adjacent to an activating group) is 1. The molecule has 1 N–H and O–H groups in total. The van der Waals surface area contributed by atoms with Crippen LogP contribution in [0.3, 0.4) is 0 Å². The molecule has 186 valence electrons. The maximum absolute atomic E-state index is 13.4. The summed E-state index contributed by atoms with van der Waals surface area (Å²) < 4.78 is 28.0. The summed E-state index contributed by atoms with van der Waals surface area (Å²) >= 11 is 1.39. The molecule has 6 rings (SSSR count). The Labute approximate surface area is 217 Å². The molecular formula is C27H22N4O4S2. The molecule has 37 heavy (non-hydrogen) atoms. The first kappa shape index (κ1) is 23.5. The van der Waals surface area contributed by atoms with E-state index >= 15 is 0 Å². The molecule has 2 aromatic carbocycles. The SMILES string of the molecule is CN1CCC(O)(c2cccc(-c3csc(-c4cn(S(=O)(=O)c5ccccc5)c5ncccc45)n3)c2)C1=O. The maximum Gasteiger partial charge on any atom is 0.269 e. The van der Waals surface area contributed by atoms with E-state index in [1.807, 2.05) is 17.5 Å². The Bertz CT molecular complexity index is 1760. The molecule has 10 heteroatoms. The number of hydrogen-bond acceptors (Lipinski definition) is 7. The number of nitrogens with zero attached hydrogens (tertiary/aromatic N) is 4. The standard InChI is InChI=1S/C27H22N4O4S2/c1-30-14-12-27(33,26(30)32)19-8-5-7-18(15-19)23-17-36-25(29-23)22-16-31(24-21(22)11-6-13-28-24)37(34,35)20-9-3-2-4-10-20/h2-11,13,15-17,33H,12,14H2,1H3. The normalized spacial score (nSPS) is 18.1. The fraction of sp³-hybridized carbons (Fsp3) is 0.148. The van der Waals surface area contributed by atoms with Crippen molar-refractivity contribution in [3.63, 3.8) is 0 Å². The summed E-state index contributed by atoms with van der Waals surface area (Å²) in [6, 6.07) is 19.1. The third-order valence-corrected chi connectivity index (χ3v) is 9.25. The van der Waals surface area contributed by atoms with Crippen molar-refractivity contribution < 1.29 is 18.3 Å². The van der Waals surface area contributed by atoms with E-state index in [0.29, 0.717) is 45.8 Å². The highest BCUT2D eigenvalue weighted by Crippen LogP contribution is 2.38. The molecule has 5 aromatic rings. The number of pyridine rings is 1. The highest BCUT2D eigenvalue weighted by molar-refractivity contribution is 7.90. The summed E-state index contributed by atoms with van der Waals surface area (Å²) in [4.78, 5) is 23.4. The highest BCUT2D eigenvalue weighted by atomic mass is 32.2. The molecule has 1 aliphatic rings. The number of hydrogen-bond donors (Lipinski definition) is 1. The van der Waals surface area contributed by atoms with Crippen molar-refractivity contribution in [3.8, 4) is 21.8 Å². The van der Waals surface area contributed by atoms with E-state index in [2.05, 4.69) is 4.98 Å². The summed E-state index contributed by atoms with van der Waals surface area (Å²) in [5.74, 6) is -0.316. The van der Waals surface area contributed by atoms with E-state index in [1.165, 1.54) is 20.2 Å². The number of likely N-dealkylation sites (tertiary alicyclic amines) is 1. The minimum atomic E-state index is -3.86. The van der Waals surface area contributed by atoms with Crippen LogP contribution in [0.4, 0.5) is 0 Å². The van der Waals surface area contributed by atoms with Crippen LogP contribution in [-0.2, 0) is 20.4 Å². The van der Waals surface area contributed by atoms with Gasteiger partial charge in [0.1, 0.15) is 5.01 Å². The summed E-state index contributed by atoms with van der Waals surface area (Å²) in [5, 5.41) is 14.3. The Balaban J connectivity index is 1.42. The van der Waals surface area contributed by atoms with Crippen LogP contribution in [-0.4, -0.2) is 51.9 Å². The zero-order valence-electron chi connectivity index (χ0n) is 19.8. The molecule has 8 nitrogen and oxygen atoms in total. The summed E-state index contributed by atoms with van der Waals surface area (Å²) in [6.45, 7) is 0.490. The van der Waals surface area contributed by atoms with Gasteiger partial charge in [0.05, 0.1) is 10.6 Å². The molecular weight excluding hydrogens is 508 g/mol. The Kier molecular flexibility index (Phi) is 5.48. The Morgan fingerprint density at radius 1 is 1.05 bits per heavy atom. The summed E-state index contributed by atoms with van der Waals surface area (Å²) in [5.41, 5.74) is 1.39. The van der Waals surface area contributed by atoms with Crippen molar-refractivity contribution in [1.82, 2.24) is 18.8 Å². The smallest absolute Gasteiger partial charge is 0.269 e. The van der Waals surface area contributed by atoms with Gasteiger partial charge in [-0.3, -0.25) is 4.79 Å². The van der Waals surface area contributed by atoms with Crippen LogP contribution in [0.25, 0.3) is 32.9 Å². The van der Waals surface area contributed by atoms with E-state index in [-0.39, 0.29) is 10.8 Å². The van der Waals surface area contributed by atoms with Gasteiger partial charge in [-0.25, -0.2) is 22.4 Å². The van der Waals surface area contributed by atoms with E-state index in [4.69, 9.17) is 4.98 Å². The molecule has 0 saturated carbocycles. The highest BCUT2D eigenvalue weighted by Gasteiger charge is 2.45. The van der Waals surface area contributed by atoms with Gasteiger partial charge in [0, 0.05) is 54.3 Å². The lowest BCUT2D eigenvalue weighted by atomic mass is 9.90. The van der Waals surface area contributed by atoms with Crippen LogP contribution < -0.4 is 0 Å². The predicted octanol–water partition coefficient (Wildman–Crippen LogP) is 4.11. The second-order valence-electron chi connectivity index (χ2n) is 8.99. The number of aliphatic hydroxyl groups is 1. The second-order valence-corrected chi connectivity index (χ2v) is 11.7. The zero-order chi connectivity index (χ0) is 25.8. The number of aromatic nitrogens is 3. The number of carbonyl (C=O) groups excluding carboxylic acids is 1. The van der Waals surface area contributed by atoms with Crippen molar-refractivity contribution in [3.05, 3.63) is 90.1 Å². The predicted molar refractivity (Wildman–Crippen MR) is 141 cm³/mol. The molecule has 1 amide bonds. The molecule has 1 saturated heterocycles. The lowest BCUT2D eigenvalue weighted by Crippen LogP contribution is -2.36. The van der Waals surface area contributed by atoms with E-state index in [9.17, 15) is 18.3 Å². The van der Waals surface area contributed by atoms with Crippen LogP contribution in [0.1, 0.15) is 12.0 Å². The number of rotatable bonds is 5. The molecule has 3 aromatic heterocycles. The zero-order valence-corrected chi connectivity index (χ0v) is 21.4. The quantitative estimate of drug-likeness (QED) is 0.367. The third kappa shape index (κ3) is 3.76. The molecule has 1 fully saturated rings. The van der Waals surface area contributed by atoms with Crippen LogP contribution in [0, 0.1) is 0 Å². The first-order valence-corrected chi connectivity index (χ1v) is 13.9. The molecule has 0 radical (unpaired) electrons. The van der Waals surface area contributed by atoms with Gasteiger partial charge in [-0.15, -0.1) is 11.3 Å². The number of benzene rings is 2. The van der Waals surface area contributed by atoms with Gasteiger partial charge in [-0.2, -0.15) is 0 Å². The number of thiazole rings is 1. The lowest BCUT2D eigenvalue weighted by molar-refractivity contribution is -0.143. The van der Waals surface area contributed by atoms with Crippen molar-refractivity contribution >= 4 is 38.3 Å². The molecule has 0 bridgehead atoms. The molecule has 1 atom stereocenters. The van der Waals surface area contributed by atoms with E-state index < -0.39 is 15.6 Å². The van der Waals surface area contributed by atoms with Crippen LogP contribution in [0.5, 0.6) is 0 Å². The Morgan fingerprint density at radius 3 is 2.62 bits per heavy atom. The Morgan fingerprint density at radius 2 is 1.86 bits per heavy atom. The lowest BCUT2D eigenvalue weighted by Gasteiger charge is -2.21. The number of amides is 1. The first-order valence-electron chi connectivity index (χ1n) is 11.6. The fourth-order valence-electron chi connectivity index (χ4n) is 4.68. The average Bonchev–Trinajstić information content (AvgIpc) is 3.63. The molecule has 1 aliphatic heterocycles. The van der Waals surface area contributed by atoms with Gasteiger partial charge in [0.15, 0.2) is 11.2 Å². The van der Waals surface area contributed by atoms with Gasteiger partial charge in [0.25, 0.3) is 15.9 Å². The van der Waals surface area contributed by atoms with Crippen molar-refractivity contribution in [2.45, 2.75) is 16.9 Å². The van der Waals surface area contributed by atoms with Gasteiger partial charge in [0.2, 0.25) is 0 Å². The van der Waals surface area contributed by atoms with Crippen molar-refractivity contribution in [2.75, 3.05) is 13.6 Å². The minimum absolute atomic E-state index is 0.172. The maximum atomic E-state index is 13.4. The molecule has 0 aliphatic carbocycles. The van der Waals surface area contributed by atoms with Crippen LogP contribution in [0.15, 0.2) is 89.4 Å². The van der Waals surface area contributed by atoms with Crippen LogP contribution in [0.2, 0.25) is 0 Å². The van der Waals surface area contributed by atoms with E-state index in [0.717, 1.165) is 5.56 Å². The second kappa shape index (κ2) is 8.62. The topological polar surface area (TPSA) is 105 Å². The number of carbonyl (C=O) groups is 1. The average molecular weight is 531 g/mol. The van der Waals surface area contributed by atoms with Gasteiger partial charge < -0.3 is 10.0 Å². The summed E-state index contributed by atoms with van der Waals surface area (Å²) in [6.07, 6.45) is 3.46. The third-order valence-electron chi connectivity index (χ3n) is 6.71. The fourth-order valence-corrected chi connectivity index (χ4v) is 6.88. The molecule has 4 heterocycles. The van der Waals surface area contributed by atoms with Gasteiger partial charge in [-0.05, 0) is 35.9 Å². The first-order chi connectivity index (χ1) is 17.8. The largest absolute Gasteiger partial charge is 0.375 e. The summed E-state index contributed by atoms with van der Waals surface area (Å²) in [7, 11) is -2.18. The minimum Gasteiger partial charge on any atom is -0.375 e. The number of fused-ring (bicyclic) bond motifs is 1. The monoisotopic (exact) mass is 530 g/mol. The van der Waals surface area contributed by atoms with Gasteiger partial charge in [-0.1, -0.05) is 36.4 Å². The van der Waals surface area contributed by atoms with E-state index in [1.54, 1.807) is 74.0 Å². The Hall–Kier alpha value is -3.86.